The van der Waals surface area contributed by atoms with E-state index in [-0.39, 0.29) is 23.3 Å². The Kier molecular flexibility index (Phi) is 7.06. The Balaban J connectivity index is 1.62. The second kappa shape index (κ2) is 9.75. The van der Waals surface area contributed by atoms with E-state index in [0.717, 1.165) is 11.3 Å². The van der Waals surface area contributed by atoms with Gasteiger partial charge in [-0.25, -0.2) is 13.1 Å². The van der Waals surface area contributed by atoms with Gasteiger partial charge in [-0.15, -0.1) is 0 Å². The van der Waals surface area contributed by atoms with E-state index in [1.54, 1.807) is 17.9 Å². The van der Waals surface area contributed by atoms with Crippen molar-refractivity contribution in [1.82, 2.24) is 19.4 Å². The summed E-state index contributed by atoms with van der Waals surface area (Å²) in [5.41, 5.74) is 2.20. The third-order valence-corrected chi connectivity index (χ3v) is 6.20. The van der Waals surface area contributed by atoms with E-state index in [4.69, 9.17) is 0 Å². The Morgan fingerprint density at radius 2 is 1.75 bits per heavy atom. The van der Waals surface area contributed by atoms with Gasteiger partial charge in [-0.05, 0) is 43.3 Å². The molecule has 0 radical (unpaired) electrons. The van der Waals surface area contributed by atoms with E-state index in [0.29, 0.717) is 5.69 Å². The van der Waals surface area contributed by atoms with Gasteiger partial charge in [0.1, 0.15) is 0 Å². The van der Waals surface area contributed by atoms with Gasteiger partial charge >= 0.3 is 0 Å². The van der Waals surface area contributed by atoms with Gasteiger partial charge in [0.05, 0.1) is 22.8 Å². The van der Waals surface area contributed by atoms with Gasteiger partial charge in [0, 0.05) is 38.0 Å². The lowest BCUT2D eigenvalue weighted by Crippen LogP contribution is -2.45. The lowest BCUT2D eigenvalue weighted by atomic mass is 10.2. The summed E-state index contributed by atoms with van der Waals surface area (Å²) in [5, 5.41) is 6.88. The summed E-state index contributed by atoms with van der Waals surface area (Å²) >= 11 is 0. The van der Waals surface area contributed by atoms with Crippen LogP contribution < -0.4 is 10.0 Å². The summed E-state index contributed by atoms with van der Waals surface area (Å²) in [6.07, 6.45) is 3.49. The molecule has 0 saturated heterocycles. The number of likely N-dealkylation sites (N-methyl/N-ethyl adjacent to an activating group) is 1. The number of carbonyl (C=O) groups is 2. The summed E-state index contributed by atoms with van der Waals surface area (Å²) < 4.78 is 29.4. The molecule has 9 nitrogen and oxygen atoms in total. The number of hydrogen-bond acceptors (Lipinski definition) is 5. The minimum atomic E-state index is -3.91. The smallest absolute Gasteiger partial charge is 0.241 e. The molecule has 2 N–H and O–H groups in total. The van der Waals surface area contributed by atoms with E-state index in [1.807, 2.05) is 36.5 Å². The molecule has 10 heteroatoms. The molecule has 1 heterocycles. The monoisotopic (exact) mass is 455 g/mol. The number of benzene rings is 2. The molecule has 0 fully saturated rings. The minimum absolute atomic E-state index is 0.00181. The third kappa shape index (κ3) is 5.80. The molecule has 3 aromatic rings. The number of hydrogen-bond donors (Lipinski definition) is 2. The van der Waals surface area contributed by atoms with Gasteiger partial charge < -0.3 is 10.2 Å². The highest BCUT2D eigenvalue weighted by Gasteiger charge is 2.24. The molecule has 3 rings (SSSR count). The molecule has 0 aliphatic rings. The number of rotatable bonds is 8. The van der Waals surface area contributed by atoms with Crippen LogP contribution in [0.15, 0.2) is 71.9 Å². The molecule has 0 spiro atoms. The van der Waals surface area contributed by atoms with E-state index in [2.05, 4.69) is 15.1 Å². The number of amides is 2. The van der Waals surface area contributed by atoms with Crippen molar-refractivity contribution < 1.29 is 18.0 Å². The minimum Gasteiger partial charge on any atom is -0.340 e. The quantitative estimate of drug-likeness (QED) is 0.540. The maximum atomic E-state index is 12.7. The van der Waals surface area contributed by atoms with Crippen molar-refractivity contribution in [3.8, 4) is 5.69 Å². The van der Waals surface area contributed by atoms with Crippen LogP contribution >= 0.6 is 0 Å². The average molecular weight is 456 g/mol. The van der Waals surface area contributed by atoms with Crippen molar-refractivity contribution in [2.24, 2.45) is 0 Å². The number of nitrogens with zero attached hydrogens (tertiary/aromatic N) is 3. The zero-order valence-electron chi connectivity index (χ0n) is 18.0. The van der Waals surface area contributed by atoms with E-state index in [1.165, 1.54) is 43.0 Å². The molecule has 1 atom stereocenters. The van der Waals surface area contributed by atoms with E-state index < -0.39 is 16.1 Å². The van der Waals surface area contributed by atoms with Crippen LogP contribution in [0.25, 0.3) is 5.69 Å². The Bertz CT molecular complexity index is 1190. The first-order valence-corrected chi connectivity index (χ1v) is 11.4. The first-order chi connectivity index (χ1) is 15.2. The van der Waals surface area contributed by atoms with Crippen LogP contribution in [0.4, 0.5) is 5.69 Å². The zero-order chi connectivity index (χ0) is 23.3. The SMILES string of the molecule is CC(=O)Nc1ccc(S(=O)(=O)NC(C)C(=O)N(C)Cc2cnn(-c3ccccc3)c2)cc1. The lowest BCUT2D eigenvalue weighted by molar-refractivity contribution is -0.131. The van der Waals surface area contributed by atoms with Gasteiger partial charge in [0.15, 0.2) is 0 Å². The predicted octanol–water partition coefficient (Wildman–Crippen LogP) is 2.16. The number of carbonyl (C=O) groups excluding carboxylic acids is 2. The molecule has 0 aliphatic heterocycles. The fourth-order valence-electron chi connectivity index (χ4n) is 3.12. The maximum absolute atomic E-state index is 12.7. The lowest BCUT2D eigenvalue weighted by Gasteiger charge is -2.21. The first-order valence-electron chi connectivity index (χ1n) is 9.89. The highest BCUT2D eigenvalue weighted by Crippen LogP contribution is 2.15. The van der Waals surface area contributed by atoms with Gasteiger partial charge in [0.2, 0.25) is 21.8 Å². The predicted molar refractivity (Wildman–Crippen MR) is 121 cm³/mol. The topological polar surface area (TPSA) is 113 Å². The van der Waals surface area contributed by atoms with Gasteiger partial charge in [-0.2, -0.15) is 9.82 Å². The van der Waals surface area contributed by atoms with Gasteiger partial charge in [-0.1, -0.05) is 18.2 Å². The molecule has 1 aromatic heterocycles. The Morgan fingerprint density at radius 1 is 1.09 bits per heavy atom. The Hall–Kier alpha value is -3.50. The number of aromatic nitrogens is 2. The molecular weight excluding hydrogens is 430 g/mol. The van der Waals surface area contributed by atoms with Crippen molar-refractivity contribution >= 4 is 27.5 Å². The standard InChI is InChI=1S/C22H25N5O4S/c1-16(25-32(30,31)21-11-9-19(10-12-21)24-17(2)28)22(29)26(3)14-18-13-23-27(15-18)20-7-5-4-6-8-20/h4-13,15-16,25H,14H2,1-3H3,(H,24,28). The van der Waals surface area contributed by atoms with Crippen LogP contribution in [-0.2, 0) is 26.2 Å². The number of anilines is 1. The Labute approximate surface area is 187 Å². The third-order valence-electron chi connectivity index (χ3n) is 4.64. The van der Waals surface area contributed by atoms with Crippen molar-refractivity contribution in [3.05, 3.63) is 72.6 Å². The second-order valence-corrected chi connectivity index (χ2v) is 9.09. The summed E-state index contributed by atoms with van der Waals surface area (Å²) in [7, 11) is -2.31. The number of para-hydroxylation sites is 1. The van der Waals surface area contributed by atoms with Crippen LogP contribution in [0.2, 0.25) is 0 Å². The molecule has 32 heavy (non-hydrogen) atoms. The summed E-state index contributed by atoms with van der Waals surface area (Å²) in [4.78, 5) is 25.3. The second-order valence-electron chi connectivity index (χ2n) is 7.37. The molecule has 0 bridgehead atoms. The fourth-order valence-corrected chi connectivity index (χ4v) is 4.31. The Morgan fingerprint density at radius 3 is 2.38 bits per heavy atom. The molecule has 168 valence electrons. The summed E-state index contributed by atoms with van der Waals surface area (Å²) in [6, 6.07) is 14.3. The normalized spacial score (nSPS) is 12.2. The molecular formula is C22H25N5O4S. The van der Waals surface area contributed by atoms with E-state index in [9.17, 15) is 18.0 Å². The molecule has 0 saturated carbocycles. The van der Waals surface area contributed by atoms with Crippen molar-refractivity contribution in [2.45, 2.75) is 31.3 Å². The molecule has 2 aromatic carbocycles. The van der Waals surface area contributed by atoms with Crippen molar-refractivity contribution in [1.29, 1.82) is 0 Å². The summed E-state index contributed by atoms with van der Waals surface area (Å²) in [5.74, 6) is -0.633. The van der Waals surface area contributed by atoms with Crippen LogP contribution in [0.1, 0.15) is 19.4 Å². The van der Waals surface area contributed by atoms with E-state index >= 15 is 0 Å². The van der Waals surface area contributed by atoms with Crippen LogP contribution in [0.3, 0.4) is 0 Å². The average Bonchev–Trinajstić information content (AvgIpc) is 3.22. The van der Waals surface area contributed by atoms with Gasteiger partial charge in [0.25, 0.3) is 0 Å². The fraction of sp³-hybridized carbons (Fsp3) is 0.227. The largest absolute Gasteiger partial charge is 0.340 e. The zero-order valence-corrected chi connectivity index (χ0v) is 18.8. The van der Waals surface area contributed by atoms with Crippen LogP contribution in [0.5, 0.6) is 0 Å². The summed E-state index contributed by atoms with van der Waals surface area (Å²) in [6.45, 7) is 3.14. The van der Waals surface area contributed by atoms with Crippen molar-refractivity contribution in [2.75, 3.05) is 12.4 Å². The van der Waals surface area contributed by atoms with Crippen molar-refractivity contribution in [3.63, 3.8) is 0 Å². The maximum Gasteiger partial charge on any atom is 0.241 e. The molecule has 1 unspecified atom stereocenters. The first kappa shape index (κ1) is 23.2. The van der Waals surface area contributed by atoms with Gasteiger partial charge in [-0.3, -0.25) is 9.59 Å². The molecule has 2 amide bonds. The molecule has 0 aliphatic carbocycles. The highest BCUT2D eigenvalue weighted by atomic mass is 32.2. The number of sulfonamides is 1. The highest BCUT2D eigenvalue weighted by molar-refractivity contribution is 7.89. The van der Waals surface area contributed by atoms with Crippen LogP contribution in [-0.4, -0.2) is 48.0 Å². The number of nitrogens with one attached hydrogen (secondary N) is 2. The van der Waals surface area contributed by atoms with Crippen LogP contribution in [0, 0.1) is 0 Å².